The first-order valence-corrected chi connectivity index (χ1v) is 7.04. The van der Waals surface area contributed by atoms with Gasteiger partial charge in [0.15, 0.2) is 0 Å². The second-order valence-corrected chi connectivity index (χ2v) is 6.51. The molecule has 1 aliphatic rings. The normalized spacial score (nSPS) is 21.4. The Morgan fingerprint density at radius 3 is 2.61 bits per heavy atom. The Balaban J connectivity index is 1.75. The van der Waals surface area contributed by atoms with Crippen LogP contribution in [0.5, 0.6) is 0 Å². The average molecular weight is 246 g/mol. The van der Waals surface area contributed by atoms with Crippen LogP contribution in [0.2, 0.25) is 0 Å². The van der Waals surface area contributed by atoms with Crippen molar-refractivity contribution < 1.29 is 0 Å². The van der Waals surface area contributed by atoms with Gasteiger partial charge in [-0.15, -0.1) is 0 Å². The summed E-state index contributed by atoms with van der Waals surface area (Å²) in [6, 6.07) is 10.8. The van der Waals surface area contributed by atoms with Gasteiger partial charge in [0.25, 0.3) is 0 Å². The lowest BCUT2D eigenvalue weighted by Gasteiger charge is -2.23. The minimum atomic E-state index is 0.243. The van der Waals surface area contributed by atoms with E-state index < -0.39 is 0 Å². The SMILES string of the molecule is CC(C)(C)NCC1CCN(Cc2ccccc2)C1. The highest BCUT2D eigenvalue weighted by atomic mass is 15.1. The van der Waals surface area contributed by atoms with Gasteiger partial charge < -0.3 is 5.32 Å². The molecule has 1 unspecified atom stereocenters. The Morgan fingerprint density at radius 2 is 1.94 bits per heavy atom. The van der Waals surface area contributed by atoms with Crippen LogP contribution in [0.25, 0.3) is 0 Å². The van der Waals surface area contributed by atoms with Gasteiger partial charge in [-0.25, -0.2) is 0 Å². The molecule has 1 N–H and O–H groups in total. The quantitative estimate of drug-likeness (QED) is 0.879. The minimum Gasteiger partial charge on any atom is -0.312 e. The fourth-order valence-corrected chi connectivity index (χ4v) is 2.52. The number of rotatable bonds is 4. The van der Waals surface area contributed by atoms with Crippen molar-refractivity contribution in [1.29, 1.82) is 0 Å². The third-order valence-electron chi connectivity index (χ3n) is 3.54. The number of nitrogens with one attached hydrogen (secondary N) is 1. The fourth-order valence-electron chi connectivity index (χ4n) is 2.52. The Labute approximate surface area is 111 Å². The molecule has 100 valence electrons. The Kier molecular flexibility index (Phi) is 4.41. The molecule has 1 fully saturated rings. The maximum Gasteiger partial charge on any atom is 0.0233 e. The van der Waals surface area contributed by atoms with Gasteiger partial charge in [0.1, 0.15) is 0 Å². The van der Waals surface area contributed by atoms with Crippen LogP contribution in [-0.2, 0) is 6.54 Å². The van der Waals surface area contributed by atoms with Crippen molar-refractivity contribution in [2.24, 2.45) is 5.92 Å². The topological polar surface area (TPSA) is 15.3 Å². The predicted molar refractivity (Wildman–Crippen MR) is 77.6 cm³/mol. The summed E-state index contributed by atoms with van der Waals surface area (Å²) < 4.78 is 0. The van der Waals surface area contributed by atoms with E-state index >= 15 is 0 Å². The average Bonchev–Trinajstić information content (AvgIpc) is 2.75. The van der Waals surface area contributed by atoms with E-state index in [4.69, 9.17) is 0 Å². The lowest BCUT2D eigenvalue weighted by molar-refractivity contribution is 0.305. The summed E-state index contributed by atoms with van der Waals surface area (Å²) in [6.07, 6.45) is 1.33. The molecule has 1 atom stereocenters. The molecule has 1 aromatic carbocycles. The van der Waals surface area contributed by atoms with E-state index in [0.29, 0.717) is 0 Å². The number of nitrogens with zero attached hydrogens (tertiary/aromatic N) is 1. The molecule has 2 heteroatoms. The second-order valence-electron chi connectivity index (χ2n) is 6.51. The van der Waals surface area contributed by atoms with Crippen molar-refractivity contribution >= 4 is 0 Å². The molecule has 0 aliphatic carbocycles. The van der Waals surface area contributed by atoms with Crippen molar-refractivity contribution in [2.75, 3.05) is 19.6 Å². The zero-order valence-electron chi connectivity index (χ0n) is 11.9. The highest BCUT2D eigenvalue weighted by Gasteiger charge is 2.23. The van der Waals surface area contributed by atoms with Crippen molar-refractivity contribution in [3.63, 3.8) is 0 Å². The summed E-state index contributed by atoms with van der Waals surface area (Å²) in [7, 11) is 0. The predicted octanol–water partition coefficient (Wildman–Crippen LogP) is 2.90. The zero-order valence-corrected chi connectivity index (χ0v) is 11.9. The summed E-state index contributed by atoms with van der Waals surface area (Å²) in [5, 5.41) is 3.62. The summed E-state index contributed by atoms with van der Waals surface area (Å²) in [6.45, 7) is 11.4. The molecular formula is C16H26N2. The molecular weight excluding hydrogens is 220 g/mol. The van der Waals surface area contributed by atoms with Gasteiger partial charge in [-0.05, 0) is 51.8 Å². The maximum absolute atomic E-state index is 3.62. The molecule has 2 nitrogen and oxygen atoms in total. The van der Waals surface area contributed by atoms with E-state index in [1.54, 1.807) is 0 Å². The van der Waals surface area contributed by atoms with Crippen molar-refractivity contribution in [2.45, 2.75) is 39.3 Å². The smallest absolute Gasteiger partial charge is 0.0233 e. The highest BCUT2D eigenvalue weighted by Crippen LogP contribution is 2.18. The number of hydrogen-bond acceptors (Lipinski definition) is 2. The van der Waals surface area contributed by atoms with Crippen LogP contribution in [-0.4, -0.2) is 30.1 Å². The molecule has 0 aromatic heterocycles. The van der Waals surface area contributed by atoms with Crippen LogP contribution in [0, 0.1) is 5.92 Å². The molecule has 1 aliphatic heterocycles. The molecule has 1 aromatic rings. The number of hydrogen-bond donors (Lipinski definition) is 1. The third-order valence-corrected chi connectivity index (χ3v) is 3.54. The lowest BCUT2D eigenvalue weighted by atomic mass is 10.1. The lowest BCUT2D eigenvalue weighted by Crippen LogP contribution is -2.39. The van der Waals surface area contributed by atoms with Crippen LogP contribution in [0.3, 0.4) is 0 Å². The fraction of sp³-hybridized carbons (Fsp3) is 0.625. The van der Waals surface area contributed by atoms with Crippen LogP contribution in [0.4, 0.5) is 0 Å². The molecule has 0 bridgehead atoms. The van der Waals surface area contributed by atoms with Crippen LogP contribution in [0.15, 0.2) is 30.3 Å². The summed E-state index contributed by atoms with van der Waals surface area (Å²) in [5.41, 5.74) is 1.68. The van der Waals surface area contributed by atoms with Crippen LogP contribution < -0.4 is 5.32 Å². The van der Waals surface area contributed by atoms with Gasteiger partial charge >= 0.3 is 0 Å². The summed E-state index contributed by atoms with van der Waals surface area (Å²) >= 11 is 0. The molecule has 2 rings (SSSR count). The summed E-state index contributed by atoms with van der Waals surface area (Å²) in [4.78, 5) is 2.57. The molecule has 0 radical (unpaired) electrons. The zero-order chi connectivity index (χ0) is 13.0. The monoisotopic (exact) mass is 246 g/mol. The van der Waals surface area contributed by atoms with Crippen LogP contribution >= 0.6 is 0 Å². The molecule has 0 saturated carbocycles. The molecule has 0 spiro atoms. The highest BCUT2D eigenvalue weighted by molar-refractivity contribution is 5.14. The van der Waals surface area contributed by atoms with Crippen molar-refractivity contribution in [3.05, 3.63) is 35.9 Å². The van der Waals surface area contributed by atoms with Gasteiger partial charge in [-0.2, -0.15) is 0 Å². The molecule has 18 heavy (non-hydrogen) atoms. The minimum absolute atomic E-state index is 0.243. The van der Waals surface area contributed by atoms with Gasteiger partial charge in [0, 0.05) is 18.6 Å². The van der Waals surface area contributed by atoms with Crippen molar-refractivity contribution in [1.82, 2.24) is 10.2 Å². The first-order valence-electron chi connectivity index (χ1n) is 7.04. The van der Waals surface area contributed by atoms with E-state index in [1.165, 1.54) is 25.1 Å². The van der Waals surface area contributed by atoms with E-state index in [0.717, 1.165) is 19.0 Å². The molecule has 1 heterocycles. The van der Waals surface area contributed by atoms with Crippen LogP contribution in [0.1, 0.15) is 32.8 Å². The number of benzene rings is 1. The number of likely N-dealkylation sites (tertiary alicyclic amines) is 1. The largest absolute Gasteiger partial charge is 0.312 e. The third kappa shape index (κ3) is 4.43. The van der Waals surface area contributed by atoms with Gasteiger partial charge in [0.05, 0.1) is 0 Å². The Hall–Kier alpha value is -0.860. The Morgan fingerprint density at radius 1 is 1.22 bits per heavy atom. The Bertz CT molecular complexity index is 353. The van der Waals surface area contributed by atoms with Crippen molar-refractivity contribution in [3.8, 4) is 0 Å². The van der Waals surface area contributed by atoms with E-state index in [-0.39, 0.29) is 5.54 Å². The first-order chi connectivity index (χ1) is 8.53. The molecule has 1 saturated heterocycles. The standard InChI is InChI=1S/C16H26N2/c1-16(2,3)17-11-15-9-10-18(13-15)12-14-7-5-4-6-8-14/h4-8,15,17H,9-13H2,1-3H3. The van der Waals surface area contributed by atoms with Gasteiger partial charge in [-0.1, -0.05) is 30.3 Å². The van der Waals surface area contributed by atoms with Gasteiger partial charge in [0.2, 0.25) is 0 Å². The molecule has 0 amide bonds. The second kappa shape index (κ2) is 5.85. The summed E-state index contributed by atoms with van der Waals surface area (Å²) in [5.74, 6) is 0.813. The van der Waals surface area contributed by atoms with Gasteiger partial charge in [-0.3, -0.25) is 4.90 Å². The first kappa shape index (κ1) is 13.6. The van der Waals surface area contributed by atoms with E-state index in [2.05, 4.69) is 61.3 Å². The maximum atomic E-state index is 3.62. The van der Waals surface area contributed by atoms with E-state index in [9.17, 15) is 0 Å². The van der Waals surface area contributed by atoms with E-state index in [1.807, 2.05) is 0 Å².